The van der Waals surface area contributed by atoms with Crippen molar-refractivity contribution < 1.29 is 85.7 Å². The van der Waals surface area contributed by atoms with Gasteiger partial charge in [0.25, 0.3) is 11.5 Å². The Hall–Kier alpha value is -5.95. The number of carbonyl (C=O) groups excluding carboxylic acids is 7. The van der Waals surface area contributed by atoms with E-state index < -0.39 is 152 Å². The Labute approximate surface area is 640 Å². The summed E-state index contributed by atoms with van der Waals surface area (Å²) < 4.78 is 66.9. The maximum Gasteiger partial charge on any atom is 0.332 e. The molecule has 107 heavy (non-hydrogen) atoms. The second kappa shape index (κ2) is 57.2. The zero-order valence-electron chi connectivity index (χ0n) is 66.9. The smallest absolute Gasteiger partial charge is 0.332 e. The molecule has 6 unspecified atom stereocenters. The second-order valence-electron chi connectivity index (χ2n) is 30.1. The molecule has 0 spiro atoms. The van der Waals surface area contributed by atoms with Crippen molar-refractivity contribution in [1.82, 2.24) is 19.8 Å². The molecule has 0 aromatic carbocycles. The molecule has 2 saturated heterocycles. The van der Waals surface area contributed by atoms with Crippen LogP contribution in [0.5, 0.6) is 0 Å². The predicted molar refractivity (Wildman–Crippen MR) is 410 cm³/mol. The molecule has 1 amide bonds. The van der Waals surface area contributed by atoms with Crippen molar-refractivity contribution in [2.75, 3.05) is 52.9 Å². The number of amides is 1. The normalized spacial score (nSPS) is 20.3. The first-order valence-corrected chi connectivity index (χ1v) is 41.8. The molecule has 2 fully saturated rings. The van der Waals surface area contributed by atoms with Crippen LogP contribution < -0.4 is 16.6 Å². The molecule has 4 heterocycles. The molecule has 12 atom stereocenters. The van der Waals surface area contributed by atoms with Gasteiger partial charge < -0.3 is 62.3 Å². The Kier molecular flexibility index (Phi) is 49.9. The van der Waals surface area contributed by atoms with Crippen LogP contribution in [-0.4, -0.2) is 152 Å². The molecule has 3 aliphatic heterocycles. The lowest BCUT2D eigenvalue weighted by Crippen LogP contribution is -2.49. The summed E-state index contributed by atoms with van der Waals surface area (Å²) in [4.78, 5) is 124. The second-order valence-corrected chi connectivity index (χ2v) is 30.1. The van der Waals surface area contributed by atoms with E-state index in [1.54, 1.807) is 13.8 Å². The Morgan fingerprint density at radius 3 is 1.07 bits per heavy atom. The van der Waals surface area contributed by atoms with E-state index in [0.717, 1.165) is 113 Å². The van der Waals surface area contributed by atoms with Gasteiger partial charge in [-0.25, -0.2) is 14.4 Å². The standard InChI is InChI=1S/C83H140N4O20/c1-10-14-18-22-26-30-34-38-42-46-62(5)79(92)104-73-67(102-77(86-52-50-69(88)84-66(86)9)75(73)106-81(94)64(7)48-44-40-36-32-28-24-20-16-12-3)58-100-71(90)60-98-56-54-97-55-57-99-61-72(91)101-59-68-74(105-80(93)63(6)47-43-39-35-31-27-23-19-15-11-2)76(78(103-68)87-53-51-70(89)85-83(87)96)107-82(95)65(8)49-45-41-37-33-29-25-21-17-13-4/h50-53,62-65,67-68,73-78H,9-49,54-61H2,1-8H3,(H,84,88)(H,85,89,96)/t62?,63?,64?,65?,67-,68-,73?,74?,75+,76+,77-,78-/m1/s1. The highest BCUT2D eigenvalue weighted by Crippen LogP contribution is 2.37. The van der Waals surface area contributed by atoms with Gasteiger partial charge in [0.1, 0.15) is 44.5 Å². The lowest BCUT2D eigenvalue weighted by atomic mass is 10.0. The number of esters is 6. The van der Waals surface area contributed by atoms with Gasteiger partial charge in [0.2, 0.25) is 0 Å². The summed E-state index contributed by atoms with van der Waals surface area (Å²) in [6, 6.07) is 1.12. The van der Waals surface area contributed by atoms with Crippen molar-refractivity contribution in [3.63, 3.8) is 0 Å². The molecule has 0 saturated carbocycles. The van der Waals surface area contributed by atoms with Crippen molar-refractivity contribution in [3.05, 3.63) is 57.8 Å². The number of unbranched alkanes of at least 4 members (excludes halogenated alkanes) is 32. The van der Waals surface area contributed by atoms with Gasteiger partial charge in [-0.05, 0) is 25.7 Å². The molecule has 0 aliphatic carbocycles. The number of hydrogen-bond donors (Lipinski definition) is 2. The van der Waals surface area contributed by atoms with E-state index in [9.17, 15) is 43.2 Å². The molecule has 3 aliphatic rings. The van der Waals surface area contributed by atoms with Crippen molar-refractivity contribution in [2.24, 2.45) is 23.7 Å². The first-order chi connectivity index (χ1) is 51.8. The molecule has 1 aromatic heterocycles. The number of aromatic nitrogens is 2. The molecule has 4 rings (SSSR count). The molecule has 612 valence electrons. The van der Waals surface area contributed by atoms with Gasteiger partial charge in [-0.2, -0.15) is 0 Å². The van der Waals surface area contributed by atoms with Crippen LogP contribution >= 0.6 is 0 Å². The van der Waals surface area contributed by atoms with E-state index in [-0.39, 0.29) is 32.2 Å². The minimum atomic E-state index is -1.38. The lowest BCUT2D eigenvalue weighted by molar-refractivity contribution is -0.174. The summed E-state index contributed by atoms with van der Waals surface area (Å²) in [5, 5.41) is 2.66. The zero-order valence-corrected chi connectivity index (χ0v) is 66.9. The van der Waals surface area contributed by atoms with E-state index in [0.29, 0.717) is 25.7 Å². The Balaban J connectivity index is 1.33. The molecule has 24 heteroatoms. The summed E-state index contributed by atoms with van der Waals surface area (Å²) >= 11 is 0. The SMILES string of the molecule is C=C1NC(=O)C=CN1[C@@H]1O[C@H](COC(=O)COCCOCCOCC(=O)OC[C@H]2O[C@@H](n3ccc(=O)[nH]c3=O)[C@@H](OC(=O)C(C)CCCCCCCCCCC)C2OC(=O)C(C)CCCCCCCCCCC)C(OC(=O)C(C)CCCCCCCCCCC)[C@@H]1OC(=O)C(C)CCCCCCCCCCC. The largest absolute Gasteiger partial charge is 0.461 e. The summed E-state index contributed by atoms with van der Waals surface area (Å²) in [5.74, 6) is -6.09. The number of hydrogen-bond acceptors (Lipinski definition) is 21. The van der Waals surface area contributed by atoms with E-state index in [2.05, 4.69) is 44.6 Å². The van der Waals surface area contributed by atoms with E-state index >= 15 is 0 Å². The van der Waals surface area contributed by atoms with Crippen LogP contribution in [0.2, 0.25) is 0 Å². The summed E-state index contributed by atoms with van der Waals surface area (Å²) in [6.07, 6.45) is 36.6. The minimum absolute atomic E-state index is 0.0203. The van der Waals surface area contributed by atoms with Crippen LogP contribution in [0.3, 0.4) is 0 Å². The van der Waals surface area contributed by atoms with Crippen molar-refractivity contribution in [2.45, 2.75) is 361 Å². The molecule has 0 bridgehead atoms. The Morgan fingerprint density at radius 1 is 0.430 bits per heavy atom. The average Bonchev–Trinajstić information content (AvgIpc) is 1.59. The summed E-state index contributed by atoms with van der Waals surface area (Å²) in [5.41, 5.74) is -1.51. The predicted octanol–water partition coefficient (Wildman–Crippen LogP) is 15.6. The number of H-pyrrole nitrogens is 1. The van der Waals surface area contributed by atoms with Gasteiger partial charge in [0.05, 0.1) is 50.1 Å². The maximum atomic E-state index is 14.0. The fourth-order valence-corrected chi connectivity index (χ4v) is 13.6. The highest BCUT2D eigenvalue weighted by atomic mass is 16.7. The quantitative estimate of drug-likeness (QED) is 0.0348. The fourth-order valence-electron chi connectivity index (χ4n) is 13.6. The molecule has 1 aromatic rings. The van der Waals surface area contributed by atoms with Crippen molar-refractivity contribution in [1.29, 1.82) is 0 Å². The first-order valence-electron chi connectivity index (χ1n) is 41.8. The molecule has 0 radical (unpaired) electrons. The Bertz CT molecular complexity index is 2810. The number of aromatic amines is 1. The number of nitrogens with one attached hydrogen (secondary N) is 2. The number of rotatable bonds is 64. The molecular weight excluding hydrogens is 1370 g/mol. The molecular formula is C83H140N4O20. The topological polar surface area (TPSA) is 291 Å². The average molecular weight is 1510 g/mol. The highest BCUT2D eigenvalue weighted by molar-refractivity contribution is 5.89. The summed E-state index contributed by atoms with van der Waals surface area (Å²) in [6.45, 7) is 18.1. The minimum Gasteiger partial charge on any atom is -0.461 e. The number of ether oxygens (including phenoxy) is 11. The van der Waals surface area contributed by atoms with Gasteiger partial charge in [-0.3, -0.25) is 38.3 Å². The third-order valence-electron chi connectivity index (χ3n) is 20.5. The third kappa shape index (κ3) is 38.5. The number of nitrogens with zero attached hydrogens (tertiary/aromatic N) is 2. The Morgan fingerprint density at radius 2 is 0.738 bits per heavy atom. The van der Waals surface area contributed by atoms with E-state index in [4.69, 9.17) is 52.1 Å². The fraction of sp³-hybridized carbons (Fsp3) is 0.819. The van der Waals surface area contributed by atoms with Crippen molar-refractivity contribution >= 4 is 41.7 Å². The monoisotopic (exact) mass is 1510 g/mol. The molecule has 2 N–H and O–H groups in total. The van der Waals surface area contributed by atoms with E-state index in [1.165, 1.54) is 152 Å². The van der Waals surface area contributed by atoms with Crippen LogP contribution in [0.4, 0.5) is 0 Å². The van der Waals surface area contributed by atoms with Crippen LogP contribution in [0.15, 0.2) is 46.5 Å². The van der Waals surface area contributed by atoms with Gasteiger partial charge >= 0.3 is 41.5 Å². The van der Waals surface area contributed by atoms with Crippen LogP contribution in [0, 0.1) is 23.7 Å². The van der Waals surface area contributed by atoms with Crippen LogP contribution in [0.1, 0.15) is 318 Å². The highest BCUT2D eigenvalue weighted by Gasteiger charge is 2.54. The maximum absolute atomic E-state index is 14.0. The van der Waals surface area contributed by atoms with Gasteiger partial charge in [-0.15, -0.1) is 0 Å². The van der Waals surface area contributed by atoms with Gasteiger partial charge in [0.15, 0.2) is 36.9 Å². The van der Waals surface area contributed by atoms with E-state index in [1.807, 2.05) is 13.8 Å². The van der Waals surface area contributed by atoms with Crippen LogP contribution in [-0.2, 0) is 85.7 Å². The summed E-state index contributed by atoms with van der Waals surface area (Å²) in [7, 11) is 0. The zero-order chi connectivity index (χ0) is 77.8. The van der Waals surface area contributed by atoms with Gasteiger partial charge in [0, 0.05) is 24.5 Å². The number of carbonyl (C=O) groups is 7. The molecule has 24 nitrogen and oxygen atoms in total. The lowest BCUT2D eigenvalue weighted by Gasteiger charge is -2.34. The van der Waals surface area contributed by atoms with Crippen LogP contribution in [0.25, 0.3) is 0 Å². The third-order valence-corrected chi connectivity index (χ3v) is 20.5. The first kappa shape index (κ1) is 93.4. The van der Waals surface area contributed by atoms with Gasteiger partial charge in [-0.1, -0.05) is 293 Å². The van der Waals surface area contributed by atoms with Crippen molar-refractivity contribution in [3.8, 4) is 0 Å².